The SMILES string of the molecule is COc1ccc(C(N)C2C(C)OC(C)C2C)c(F)c1. The number of hydrogen-bond acceptors (Lipinski definition) is 3. The Bertz CT molecular complexity index is 452. The van der Waals surface area contributed by atoms with Crippen LogP contribution in [-0.4, -0.2) is 19.3 Å². The van der Waals surface area contributed by atoms with Crippen molar-refractivity contribution in [3.63, 3.8) is 0 Å². The van der Waals surface area contributed by atoms with E-state index in [0.717, 1.165) is 0 Å². The summed E-state index contributed by atoms with van der Waals surface area (Å²) in [5.41, 5.74) is 6.80. The minimum absolute atomic E-state index is 0.0431. The van der Waals surface area contributed by atoms with E-state index in [0.29, 0.717) is 17.2 Å². The Morgan fingerprint density at radius 3 is 2.42 bits per heavy atom. The number of rotatable bonds is 3. The molecule has 0 saturated carbocycles. The number of benzene rings is 1. The van der Waals surface area contributed by atoms with Crippen LogP contribution in [0, 0.1) is 17.7 Å². The average Bonchev–Trinajstić information content (AvgIpc) is 2.62. The van der Waals surface area contributed by atoms with Gasteiger partial charge in [-0.15, -0.1) is 0 Å². The van der Waals surface area contributed by atoms with Crippen LogP contribution in [-0.2, 0) is 4.74 Å². The smallest absolute Gasteiger partial charge is 0.131 e. The molecule has 0 aromatic heterocycles. The first-order chi connectivity index (χ1) is 8.95. The minimum Gasteiger partial charge on any atom is -0.497 e. The lowest BCUT2D eigenvalue weighted by Crippen LogP contribution is -2.31. The fourth-order valence-corrected chi connectivity index (χ4v) is 3.03. The van der Waals surface area contributed by atoms with E-state index < -0.39 is 0 Å². The predicted molar refractivity (Wildman–Crippen MR) is 72.5 cm³/mol. The highest BCUT2D eigenvalue weighted by Gasteiger charge is 2.41. The monoisotopic (exact) mass is 267 g/mol. The Morgan fingerprint density at radius 1 is 1.26 bits per heavy atom. The van der Waals surface area contributed by atoms with Gasteiger partial charge in [-0.3, -0.25) is 0 Å². The Morgan fingerprint density at radius 2 is 1.95 bits per heavy atom. The van der Waals surface area contributed by atoms with Crippen LogP contribution < -0.4 is 10.5 Å². The van der Waals surface area contributed by atoms with Gasteiger partial charge in [-0.1, -0.05) is 13.0 Å². The van der Waals surface area contributed by atoms with Gasteiger partial charge in [0.1, 0.15) is 11.6 Å². The van der Waals surface area contributed by atoms with Crippen LogP contribution in [0.1, 0.15) is 32.4 Å². The highest BCUT2D eigenvalue weighted by atomic mass is 19.1. The van der Waals surface area contributed by atoms with E-state index in [1.807, 2.05) is 13.8 Å². The molecule has 1 heterocycles. The van der Waals surface area contributed by atoms with Crippen molar-refractivity contribution in [2.45, 2.75) is 39.0 Å². The largest absolute Gasteiger partial charge is 0.497 e. The fraction of sp³-hybridized carbons (Fsp3) is 0.600. The van der Waals surface area contributed by atoms with Gasteiger partial charge in [0.2, 0.25) is 0 Å². The molecule has 1 saturated heterocycles. The molecular formula is C15H22FNO2. The van der Waals surface area contributed by atoms with Gasteiger partial charge >= 0.3 is 0 Å². The lowest BCUT2D eigenvalue weighted by Gasteiger charge is -2.26. The van der Waals surface area contributed by atoms with Crippen LogP contribution in [0.2, 0.25) is 0 Å². The van der Waals surface area contributed by atoms with Crippen LogP contribution in [0.15, 0.2) is 18.2 Å². The molecule has 1 aromatic rings. The van der Waals surface area contributed by atoms with Crippen molar-refractivity contribution in [2.75, 3.05) is 7.11 Å². The highest BCUT2D eigenvalue weighted by molar-refractivity contribution is 5.31. The third-order valence-corrected chi connectivity index (χ3v) is 4.30. The summed E-state index contributed by atoms with van der Waals surface area (Å²) in [6, 6.07) is 4.47. The molecule has 5 unspecified atom stereocenters. The van der Waals surface area contributed by atoms with Gasteiger partial charge in [0.25, 0.3) is 0 Å². The van der Waals surface area contributed by atoms with Crippen molar-refractivity contribution in [1.29, 1.82) is 0 Å². The lowest BCUT2D eigenvalue weighted by molar-refractivity contribution is 0.0488. The summed E-state index contributed by atoms with van der Waals surface area (Å²) in [6.07, 6.45) is 0.203. The maximum absolute atomic E-state index is 14.1. The molecule has 2 rings (SSSR count). The molecule has 5 atom stereocenters. The predicted octanol–water partition coefficient (Wildman–Crippen LogP) is 2.89. The summed E-state index contributed by atoms with van der Waals surface area (Å²) in [5.74, 6) is 0.626. The average molecular weight is 267 g/mol. The number of halogens is 1. The standard InChI is InChI=1S/C15H22FNO2/c1-8-9(2)19-10(3)14(8)15(17)12-6-5-11(18-4)7-13(12)16/h5-10,14-15H,17H2,1-4H3. The maximum atomic E-state index is 14.1. The summed E-state index contributed by atoms with van der Waals surface area (Å²) in [7, 11) is 1.52. The van der Waals surface area contributed by atoms with Crippen LogP contribution >= 0.6 is 0 Å². The van der Waals surface area contributed by atoms with Crippen molar-refractivity contribution < 1.29 is 13.9 Å². The fourth-order valence-electron chi connectivity index (χ4n) is 3.03. The molecule has 0 aliphatic carbocycles. The zero-order chi connectivity index (χ0) is 14.2. The zero-order valence-corrected chi connectivity index (χ0v) is 11.9. The Kier molecular flexibility index (Phi) is 4.11. The summed E-state index contributed by atoms with van der Waals surface area (Å²) in [5, 5.41) is 0. The molecule has 0 spiro atoms. The highest BCUT2D eigenvalue weighted by Crippen LogP contribution is 2.40. The van der Waals surface area contributed by atoms with E-state index in [2.05, 4.69) is 6.92 Å². The van der Waals surface area contributed by atoms with E-state index in [-0.39, 0.29) is 30.0 Å². The number of nitrogens with two attached hydrogens (primary N) is 1. The van der Waals surface area contributed by atoms with Crippen molar-refractivity contribution in [3.05, 3.63) is 29.6 Å². The molecule has 0 bridgehead atoms. The van der Waals surface area contributed by atoms with Crippen molar-refractivity contribution in [1.82, 2.24) is 0 Å². The molecule has 2 N–H and O–H groups in total. The lowest BCUT2D eigenvalue weighted by atomic mass is 9.81. The summed E-state index contributed by atoms with van der Waals surface area (Å²) in [6.45, 7) is 6.16. The number of methoxy groups -OCH3 is 1. The molecule has 3 nitrogen and oxygen atoms in total. The summed E-state index contributed by atoms with van der Waals surface area (Å²) >= 11 is 0. The third kappa shape index (κ3) is 2.60. The first kappa shape index (κ1) is 14.3. The minimum atomic E-state index is -0.360. The molecule has 1 aromatic carbocycles. The normalized spacial score (nSPS) is 32.3. The third-order valence-electron chi connectivity index (χ3n) is 4.30. The van der Waals surface area contributed by atoms with E-state index in [1.165, 1.54) is 13.2 Å². The second kappa shape index (κ2) is 5.47. The van der Waals surface area contributed by atoms with E-state index in [1.54, 1.807) is 12.1 Å². The zero-order valence-electron chi connectivity index (χ0n) is 11.9. The summed E-state index contributed by atoms with van der Waals surface area (Å²) < 4.78 is 24.9. The second-order valence-corrected chi connectivity index (χ2v) is 5.40. The molecule has 106 valence electrons. The Balaban J connectivity index is 2.26. The summed E-state index contributed by atoms with van der Waals surface area (Å²) in [4.78, 5) is 0. The van der Waals surface area contributed by atoms with Crippen LogP contribution in [0.4, 0.5) is 4.39 Å². The quantitative estimate of drug-likeness (QED) is 0.915. The van der Waals surface area contributed by atoms with Crippen LogP contribution in [0.25, 0.3) is 0 Å². The number of ether oxygens (including phenoxy) is 2. The topological polar surface area (TPSA) is 44.5 Å². The first-order valence-corrected chi connectivity index (χ1v) is 6.70. The molecule has 0 amide bonds. The van der Waals surface area contributed by atoms with Crippen LogP contribution in [0.3, 0.4) is 0 Å². The van der Waals surface area contributed by atoms with Gasteiger partial charge in [-0.05, 0) is 25.8 Å². The van der Waals surface area contributed by atoms with Gasteiger partial charge < -0.3 is 15.2 Å². The van der Waals surface area contributed by atoms with Crippen molar-refractivity contribution in [2.24, 2.45) is 17.6 Å². The number of hydrogen-bond donors (Lipinski definition) is 1. The Hall–Kier alpha value is -1.13. The molecule has 0 radical (unpaired) electrons. The van der Waals surface area contributed by atoms with Gasteiger partial charge in [-0.25, -0.2) is 4.39 Å². The van der Waals surface area contributed by atoms with Gasteiger partial charge in [0.15, 0.2) is 0 Å². The molecule has 1 aliphatic heterocycles. The van der Waals surface area contributed by atoms with Gasteiger partial charge in [0.05, 0.1) is 19.3 Å². The second-order valence-electron chi connectivity index (χ2n) is 5.40. The molecule has 4 heteroatoms. The van der Waals surface area contributed by atoms with E-state index >= 15 is 0 Å². The van der Waals surface area contributed by atoms with Crippen molar-refractivity contribution >= 4 is 0 Å². The van der Waals surface area contributed by atoms with Gasteiger partial charge in [0, 0.05) is 23.6 Å². The molecule has 19 heavy (non-hydrogen) atoms. The van der Waals surface area contributed by atoms with Crippen LogP contribution in [0.5, 0.6) is 5.75 Å². The van der Waals surface area contributed by atoms with Gasteiger partial charge in [-0.2, -0.15) is 0 Å². The molecule has 1 fully saturated rings. The molecular weight excluding hydrogens is 245 g/mol. The Labute approximate surface area is 113 Å². The van der Waals surface area contributed by atoms with E-state index in [4.69, 9.17) is 15.2 Å². The first-order valence-electron chi connectivity index (χ1n) is 6.70. The molecule has 1 aliphatic rings. The maximum Gasteiger partial charge on any atom is 0.131 e. The van der Waals surface area contributed by atoms with E-state index in [9.17, 15) is 4.39 Å². The van der Waals surface area contributed by atoms with Crippen molar-refractivity contribution in [3.8, 4) is 5.75 Å².